The first-order valence-electron chi connectivity index (χ1n) is 40.7. The Kier molecular flexibility index (Phi) is 53.4. The molecule has 0 spiro atoms. The van der Waals surface area contributed by atoms with Crippen molar-refractivity contribution in [3.63, 3.8) is 0 Å². The van der Waals surface area contributed by atoms with Gasteiger partial charge in [-0.25, -0.2) is 4.79 Å². The highest BCUT2D eigenvalue weighted by Gasteiger charge is 2.60. The fraction of sp³-hybridized carbons (Fsp3) is 0.911. The molecule has 598 valence electrons. The standard InChI is InChI=1S/C79H146N2O21/c1-4-6-8-10-12-14-16-18-20-22-24-26-28-29-31-32-34-36-38-40-42-44-46-48-50-52-61(86)60(81-66(89)53-51-49-47-45-43-41-39-37-35-33-30-27-25-23-21-19-17-15-13-11-9-7-5-2)58-97-76-71(93)70(92)73(65(57-84)99-76)100-77-72(94)75(69(91)64(56-83)98-77)102-79(78(95)96)54-62(87)67(80-59(3)85)74(101-79)68(90)63(88)55-82/h25,27,33,35,60-65,67-77,82-84,86-88,90-94H,4-24,26,28-32,34,36-58H2,1-3H3,(H,80,85)(H,81,89)(H,95,96)/b27-25-,35-33-. The third kappa shape index (κ3) is 38.3. The lowest BCUT2D eigenvalue weighted by molar-refractivity contribution is -0.386. The van der Waals surface area contributed by atoms with E-state index in [4.69, 9.17) is 28.4 Å². The maximum absolute atomic E-state index is 13.6. The van der Waals surface area contributed by atoms with Crippen LogP contribution in [0.4, 0.5) is 0 Å². The Morgan fingerprint density at radius 2 is 0.941 bits per heavy atom. The van der Waals surface area contributed by atoms with Crippen LogP contribution in [0, 0.1) is 0 Å². The summed E-state index contributed by atoms with van der Waals surface area (Å²) < 4.78 is 35.0. The maximum Gasteiger partial charge on any atom is 0.364 e. The Morgan fingerprint density at radius 1 is 0.510 bits per heavy atom. The topological polar surface area (TPSA) is 373 Å². The predicted molar refractivity (Wildman–Crippen MR) is 394 cm³/mol. The van der Waals surface area contributed by atoms with Gasteiger partial charge < -0.3 is 100 Å². The van der Waals surface area contributed by atoms with Crippen molar-refractivity contribution in [3.05, 3.63) is 24.3 Å². The molecule has 23 heteroatoms. The number of amides is 2. The number of carboxylic acids is 1. The van der Waals surface area contributed by atoms with Crippen molar-refractivity contribution in [2.24, 2.45) is 0 Å². The van der Waals surface area contributed by atoms with E-state index in [2.05, 4.69) is 48.8 Å². The Balaban J connectivity index is 1.52. The molecular formula is C79H146N2O21. The largest absolute Gasteiger partial charge is 0.477 e. The van der Waals surface area contributed by atoms with Crippen molar-refractivity contribution in [1.29, 1.82) is 0 Å². The highest BCUT2D eigenvalue weighted by atomic mass is 16.8. The fourth-order valence-electron chi connectivity index (χ4n) is 14.2. The van der Waals surface area contributed by atoms with E-state index < -0.39 is 148 Å². The normalized spacial score (nSPS) is 26.7. The van der Waals surface area contributed by atoms with Crippen LogP contribution in [-0.2, 0) is 42.8 Å². The monoisotopic (exact) mass is 1460 g/mol. The highest BCUT2D eigenvalue weighted by Crippen LogP contribution is 2.39. The molecule has 3 heterocycles. The lowest BCUT2D eigenvalue weighted by Gasteiger charge is -2.50. The Hall–Kier alpha value is -2.79. The second-order valence-electron chi connectivity index (χ2n) is 29.6. The lowest BCUT2D eigenvalue weighted by Crippen LogP contribution is -2.70. The van der Waals surface area contributed by atoms with Gasteiger partial charge in [-0.3, -0.25) is 9.59 Å². The first-order valence-corrected chi connectivity index (χ1v) is 40.7. The lowest BCUT2D eigenvalue weighted by atomic mass is 9.88. The van der Waals surface area contributed by atoms with Crippen LogP contribution in [0.3, 0.4) is 0 Å². The predicted octanol–water partition coefficient (Wildman–Crippen LogP) is 10.7. The van der Waals surface area contributed by atoms with Crippen LogP contribution < -0.4 is 10.6 Å². The van der Waals surface area contributed by atoms with Crippen molar-refractivity contribution < 1.29 is 104 Å². The maximum atomic E-state index is 13.6. The summed E-state index contributed by atoms with van der Waals surface area (Å²) in [5.41, 5.74) is 0. The minimum Gasteiger partial charge on any atom is -0.477 e. The van der Waals surface area contributed by atoms with Gasteiger partial charge in [0.25, 0.3) is 5.79 Å². The van der Waals surface area contributed by atoms with Gasteiger partial charge in [-0.2, -0.15) is 0 Å². The smallest absolute Gasteiger partial charge is 0.364 e. The Labute approximate surface area is 613 Å². The molecular weight excluding hydrogens is 1310 g/mol. The Bertz CT molecular complexity index is 2130. The van der Waals surface area contributed by atoms with Crippen molar-refractivity contribution >= 4 is 17.8 Å². The summed E-state index contributed by atoms with van der Waals surface area (Å²) in [5, 5.41) is 137. The van der Waals surface area contributed by atoms with Crippen LogP contribution >= 0.6 is 0 Å². The first-order chi connectivity index (χ1) is 49.4. The molecule has 0 aromatic rings. The third-order valence-electron chi connectivity index (χ3n) is 20.7. The summed E-state index contributed by atoms with van der Waals surface area (Å²) in [7, 11) is 0. The molecule has 3 aliphatic heterocycles. The molecule has 3 aliphatic rings. The van der Waals surface area contributed by atoms with Gasteiger partial charge in [-0.1, -0.05) is 282 Å². The molecule has 102 heavy (non-hydrogen) atoms. The number of aliphatic hydroxyl groups is 11. The van der Waals surface area contributed by atoms with Gasteiger partial charge in [0.1, 0.15) is 67.1 Å². The van der Waals surface area contributed by atoms with Crippen molar-refractivity contribution in [1.82, 2.24) is 10.6 Å². The molecule has 0 aromatic heterocycles. The van der Waals surface area contributed by atoms with Crippen LogP contribution in [0.25, 0.3) is 0 Å². The van der Waals surface area contributed by atoms with Crippen LogP contribution in [0.2, 0.25) is 0 Å². The molecule has 3 rings (SSSR count). The first kappa shape index (κ1) is 93.4. The van der Waals surface area contributed by atoms with Crippen molar-refractivity contribution in [3.8, 4) is 0 Å². The number of unbranched alkanes of at least 4 members (excludes halogenated alkanes) is 40. The molecule has 3 saturated heterocycles. The quantitative estimate of drug-likeness (QED) is 0.0199. The van der Waals surface area contributed by atoms with Crippen LogP contribution in [-0.4, -0.2) is 215 Å². The molecule has 0 radical (unpaired) electrons. The molecule has 0 saturated carbocycles. The van der Waals surface area contributed by atoms with Gasteiger partial charge in [0.05, 0.1) is 50.7 Å². The fourth-order valence-corrected chi connectivity index (χ4v) is 14.2. The van der Waals surface area contributed by atoms with Crippen molar-refractivity contribution in [2.75, 3.05) is 26.4 Å². The zero-order valence-corrected chi connectivity index (χ0v) is 63.2. The van der Waals surface area contributed by atoms with E-state index in [0.29, 0.717) is 19.3 Å². The van der Waals surface area contributed by atoms with Gasteiger partial charge >= 0.3 is 5.97 Å². The summed E-state index contributed by atoms with van der Waals surface area (Å²) in [5.74, 6) is -6.11. The number of ether oxygens (including phenoxy) is 6. The molecule has 3 fully saturated rings. The number of carboxylic acid groups (broad SMARTS) is 1. The number of carbonyl (C=O) groups is 3. The van der Waals surface area contributed by atoms with E-state index in [1.165, 1.54) is 186 Å². The van der Waals surface area contributed by atoms with Gasteiger partial charge in [-0.05, 0) is 44.9 Å². The third-order valence-corrected chi connectivity index (χ3v) is 20.7. The number of rotatable bonds is 64. The number of hydrogen-bond donors (Lipinski definition) is 14. The summed E-state index contributed by atoms with van der Waals surface area (Å²) in [6.45, 7) is 2.25. The number of aliphatic carboxylic acids is 1. The van der Waals surface area contributed by atoms with E-state index in [-0.39, 0.29) is 18.9 Å². The number of allylic oxidation sites excluding steroid dienone is 4. The number of hydrogen-bond acceptors (Lipinski definition) is 20. The second-order valence-corrected chi connectivity index (χ2v) is 29.6. The van der Waals surface area contributed by atoms with Crippen LogP contribution in [0.15, 0.2) is 24.3 Å². The summed E-state index contributed by atoms with van der Waals surface area (Å²) >= 11 is 0. The van der Waals surface area contributed by atoms with Gasteiger partial charge in [0.2, 0.25) is 11.8 Å². The van der Waals surface area contributed by atoms with Gasteiger partial charge in [0, 0.05) is 19.8 Å². The number of nitrogens with one attached hydrogen (secondary N) is 2. The molecule has 0 aliphatic carbocycles. The summed E-state index contributed by atoms with van der Waals surface area (Å²) in [6.07, 6.45) is 34.5. The molecule has 0 aromatic carbocycles. The van der Waals surface area contributed by atoms with Crippen LogP contribution in [0.1, 0.15) is 323 Å². The van der Waals surface area contributed by atoms with Gasteiger partial charge in [0.15, 0.2) is 12.6 Å². The zero-order valence-electron chi connectivity index (χ0n) is 63.2. The SMILES string of the molecule is CCCCCCCCCCC/C=C\C/C=C\CCCCCCCCCC(=O)NC(COC1OC(CO)C(OC2OC(CO)C(O)C(OC3(C(=O)O)CC(O)C(NC(C)=O)C(C(O)C(O)CO)O3)C2O)C(O)C1O)C(O)CCCCCCCCCCCCCCCCCCCCCCCCCCC. The second kappa shape index (κ2) is 58.3. The molecule has 18 unspecified atom stereocenters. The molecule has 23 nitrogen and oxygen atoms in total. The Morgan fingerprint density at radius 3 is 1.37 bits per heavy atom. The average Bonchev–Trinajstić information content (AvgIpc) is 0.755. The molecule has 2 amide bonds. The van der Waals surface area contributed by atoms with E-state index in [1.54, 1.807) is 0 Å². The average molecular weight is 1460 g/mol. The molecule has 0 bridgehead atoms. The van der Waals surface area contributed by atoms with Crippen LogP contribution in [0.5, 0.6) is 0 Å². The van der Waals surface area contributed by atoms with E-state index in [0.717, 1.165) is 90.4 Å². The summed E-state index contributed by atoms with van der Waals surface area (Å²) in [6, 6.07) is -2.54. The minimum atomic E-state index is -3.08. The highest BCUT2D eigenvalue weighted by molar-refractivity contribution is 5.77. The van der Waals surface area contributed by atoms with E-state index >= 15 is 0 Å². The van der Waals surface area contributed by atoms with Gasteiger partial charge in [-0.15, -0.1) is 0 Å². The number of carbonyl (C=O) groups excluding carboxylic acids is 2. The van der Waals surface area contributed by atoms with E-state index in [1.807, 2.05) is 0 Å². The zero-order chi connectivity index (χ0) is 74.6. The minimum absolute atomic E-state index is 0.215. The van der Waals surface area contributed by atoms with E-state index in [9.17, 15) is 75.7 Å². The van der Waals surface area contributed by atoms with Crippen molar-refractivity contribution in [2.45, 2.75) is 432 Å². The molecule has 14 N–H and O–H groups in total. The number of aliphatic hydroxyl groups excluding tert-OH is 11. The summed E-state index contributed by atoms with van der Waals surface area (Å²) in [4.78, 5) is 38.7. The molecule has 18 atom stereocenters.